The Morgan fingerprint density at radius 1 is 0.889 bits per heavy atom. The fourth-order valence-corrected chi connectivity index (χ4v) is 4.37. The van der Waals surface area contributed by atoms with E-state index in [9.17, 15) is 8.42 Å². The molecule has 0 saturated heterocycles. The van der Waals surface area contributed by atoms with Crippen molar-refractivity contribution in [2.75, 3.05) is 10.0 Å². The molecule has 0 fully saturated rings. The summed E-state index contributed by atoms with van der Waals surface area (Å²) in [6.45, 7) is 11.0. The molecule has 3 rings (SSSR count). The molecule has 0 saturated carbocycles. The predicted molar refractivity (Wildman–Crippen MR) is 114 cm³/mol. The van der Waals surface area contributed by atoms with Crippen molar-refractivity contribution in [3.05, 3.63) is 59.2 Å². The predicted octanol–water partition coefficient (Wildman–Crippen LogP) is 5.31. The second-order valence-corrected chi connectivity index (χ2v) is 10.3. The van der Waals surface area contributed by atoms with E-state index in [0.29, 0.717) is 30.0 Å². The van der Waals surface area contributed by atoms with Gasteiger partial charge in [-0.05, 0) is 72.6 Å². The summed E-state index contributed by atoms with van der Waals surface area (Å²) in [5.41, 5.74) is 5.77. The molecule has 1 aliphatic carbocycles. The van der Waals surface area contributed by atoms with Crippen LogP contribution in [0.4, 0.5) is 11.4 Å². The van der Waals surface area contributed by atoms with Crippen LogP contribution in [0.2, 0.25) is 0 Å². The second kappa shape index (κ2) is 7.55. The minimum atomic E-state index is -3.31. The van der Waals surface area contributed by atoms with E-state index >= 15 is 0 Å². The third kappa shape index (κ3) is 4.13. The standard InChI is InChI=1S/C22H30N2O2S/c1-14(2)27(25,26)24-19-8-6-18(7-9-19)13-23-20-10-11-21-16(4)15(3)17(5)22(21)12-20/h6-12,14-17,23-24H,13H2,1-5H3. The van der Waals surface area contributed by atoms with Crippen molar-refractivity contribution in [3.8, 4) is 0 Å². The Bertz CT molecular complexity index is 904. The maximum Gasteiger partial charge on any atom is 0.235 e. The van der Waals surface area contributed by atoms with Crippen LogP contribution in [0.5, 0.6) is 0 Å². The Morgan fingerprint density at radius 2 is 1.48 bits per heavy atom. The van der Waals surface area contributed by atoms with Crippen molar-refractivity contribution in [2.45, 2.75) is 58.2 Å². The monoisotopic (exact) mass is 386 g/mol. The summed E-state index contributed by atoms with van der Waals surface area (Å²) in [6.07, 6.45) is 0. The normalized spacial score (nSPS) is 21.9. The first-order chi connectivity index (χ1) is 12.7. The zero-order valence-corrected chi connectivity index (χ0v) is 17.6. The van der Waals surface area contributed by atoms with Gasteiger partial charge in [0.15, 0.2) is 0 Å². The fraction of sp³-hybridized carbons (Fsp3) is 0.455. The van der Waals surface area contributed by atoms with Crippen LogP contribution in [-0.2, 0) is 16.6 Å². The van der Waals surface area contributed by atoms with Crippen LogP contribution in [0.25, 0.3) is 0 Å². The lowest BCUT2D eigenvalue weighted by atomic mass is 9.91. The van der Waals surface area contributed by atoms with Gasteiger partial charge in [-0.25, -0.2) is 8.42 Å². The third-order valence-corrected chi connectivity index (χ3v) is 7.74. The van der Waals surface area contributed by atoms with Crippen LogP contribution in [0.1, 0.15) is 63.1 Å². The van der Waals surface area contributed by atoms with Gasteiger partial charge < -0.3 is 5.32 Å². The number of rotatable bonds is 6. The van der Waals surface area contributed by atoms with E-state index in [-0.39, 0.29) is 0 Å². The zero-order valence-electron chi connectivity index (χ0n) is 16.8. The highest BCUT2D eigenvalue weighted by Crippen LogP contribution is 2.46. The molecule has 0 radical (unpaired) electrons. The van der Waals surface area contributed by atoms with Crippen molar-refractivity contribution in [1.82, 2.24) is 0 Å². The summed E-state index contributed by atoms with van der Waals surface area (Å²) in [5, 5.41) is 3.04. The molecule has 2 N–H and O–H groups in total. The molecule has 3 atom stereocenters. The summed E-state index contributed by atoms with van der Waals surface area (Å²) in [4.78, 5) is 0. The van der Waals surface area contributed by atoms with Crippen LogP contribution >= 0.6 is 0 Å². The van der Waals surface area contributed by atoms with Crippen molar-refractivity contribution < 1.29 is 8.42 Å². The quantitative estimate of drug-likeness (QED) is 0.708. The van der Waals surface area contributed by atoms with E-state index in [0.717, 1.165) is 11.3 Å². The summed E-state index contributed by atoms with van der Waals surface area (Å²) in [7, 11) is -3.31. The lowest BCUT2D eigenvalue weighted by Gasteiger charge is -2.13. The van der Waals surface area contributed by atoms with Crippen molar-refractivity contribution >= 4 is 21.4 Å². The Kier molecular flexibility index (Phi) is 5.52. The van der Waals surface area contributed by atoms with Gasteiger partial charge in [-0.2, -0.15) is 0 Å². The Labute approximate surface area is 163 Å². The van der Waals surface area contributed by atoms with Crippen molar-refractivity contribution in [1.29, 1.82) is 0 Å². The Balaban J connectivity index is 1.65. The molecule has 3 unspecified atom stereocenters. The van der Waals surface area contributed by atoms with E-state index in [1.54, 1.807) is 13.8 Å². The second-order valence-electron chi connectivity index (χ2n) is 8.03. The van der Waals surface area contributed by atoms with Gasteiger partial charge in [-0.1, -0.05) is 39.0 Å². The van der Waals surface area contributed by atoms with E-state index in [2.05, 4.69) is 49.0 Å². The number of fused-ring (bicyclic) bond motifs is 1. The summed E-state index contributed by atoms with van der Waals surface area (Å²) >= 11 is 0. The molecule has 2 aromatic carbocycles. The van der Waals surface area contributed by atoms with Crippen molar-refractivity contribution in [3.63, 3.8) is 0 Å². The molecule has 0 aliphatic heterocycles. The molecule has 5 heteroatoms. The number of sulfonamides is 1. The Hall–Kier alpha value is -2.01. The molecule has 4 nitrogen and oxygen atoms in total. The zero-order chi connectivity index (χ0) is 19.8. The SMILES string of the molecule is CC1c2ccc(NCc3ccc(NS(=O)(=O)C(C)C)cc3)cc2C(C)C1C. The fourth-order valence-electron chi connectivity index (χ4n) is 3.67. The van der Waals surface area contributed by atoms with Crippen LogP contribution in [0.15, 0.2) is 42.5 Å². The first-order valence-corrected chi connectivity index (χ1v) is 11.2. The topological polar surface area (TPSA) is 58.2 Å². The van der Waals surface area contributed by atoms with Gasteiger partial charge in [0.05, 0.1) is 5.25 Å². The minimum absolute atomic E-state index is 0.452. The van der Waals surface area contributed by atoms with Crippen molar-refractivity contribution in [2.24, 2.45) is 5.92 Å². The summed E-state index contributed by atoms with van der Waals surface area (Å²) < 4.78 is 26.5. The lowest BCUT2D eigenvalue weighted by molar-refractivity contribution is 0.464. The molecule has 2 aromatic rings. The number of anilines is 2. The van der Waals surface area contributed by atoms with E-state index < -0.39 is 15.3 Å². The smallest absolute Gasteiger partial charge is 0.235 e. The average Bonchev–Trinajstić information content (AvgIpc) is 2.85. The molecule has 0 heterocycles. The highest BCUT2D eigenvalue weighted by molar-refractivity contribution is 7.93. The molecular weight excluding hydrogens is 356 g/mol. The van der Waals surface area contributed by atoms with Crippen LogP contribution < -0.4 is 10.0 Å². The van der Waals surface area contributed by atoms with Gasteiger partial charge in [0.2, 0.25) is 10.0 Å². The third-order valence-electron chi connectivity index (χ3n) is 5.98. The van der Waals surface area contributed by atoms with Crippen LogP contribution in [0.3, 0.4) is 0 Å². The van der Waals surface area contributed by atoms with Gasteiger partial charge in [0.1, 0.15) is 0 Å². The lowest BCUT2D eigenvalue weighted by Crippen LogP contribution is -2.22. The maximum atomic E-state index is 11.9. The van der Waals surface area contributed by atoms with E-state index in [1.807, 2.05) is 24.3 Å². The molecule has 146 valence electrons. The maximum absolute atomic E-state index is 11.9. The molecular formula is C22H30N2O2S. The Morgan fingerprint density at radius 3 is 2.11 bits per heavy atom. The van der Waals surface area contributed by atoms with Gasteiger partial charge in [0, 0.05) is 17.9 Å². The minimum Gasteiger partial charge on any atom is -0.381 e. The van der Waals surface area contributed by atoms with E-state index in [1.165, 1.54) is 11.1 Å². The first kappa shape index (κ1) is 19.7. The highest BCUT2D eigenvalue weighted by atomic mass is 32.2. The van der Waals surface area contributed by atoms with Gasteiger partial charge in [-0.15, -0.1) is 0 Å². The van der Waals surface area contributed by atoms with E-state index in [4.69, 9.17) is 0 Å². The van der Waals surface area contributed by atoms with Crippen LogP contribution in [-0.4, -0.2) is 13.7 Å². The molecule has 0 amide bonds. The molecule has 0 bridgehead atoms. The van der Waals surface area contributed by atoms with Gasteiger partial charge in [0.25, 0.3) is 0 Å². The first-order valence-electron chi connectivity index (χ1n) is 9.67. The van der Waals surface area contributed by atoms with Crippen LogP contribution in [0, 0.1) is 5.92 Å². The van der Waals surface area contributed by atoms with Gasteiger partial charge >= 0.3 is 0 Å². The number of hydrogen-bond acceptors (Lipinski definition) is 3. The summed E-state index contributed by atoms with van der Waals surface area (Å²) in [6, 6.07) is 14.2. The molecule has 27 heavy (non-hydrogen) atoms. The number of nitrogens with one attached hydrogen (secondary N) is 2. The van der Waals surface area contributed by atoms with Gasteiger partial charge in [-0.3, -0.25) is 4.72 Å². The average molecular weight is 387 g/mol. The number of benzene rings is 2. The molecule has 1 aliphatic rings. The molecule has 0 aromatic heterocycles. The number of hydrogen-bond donors (Lipinski definition) is 2. The molecule has 0 spiro atoms. The highest BCUT2D eigenvalue weighted by Gasteiger charge is 2.32. The summed E-state index contributed by atoms with van der Waals surface area (Å²) in [5.74, 6) is 1.88. The largest absolute Gasteiger partial charge is 0.381 e.